The molecule has 21 heavy (non-hydrogen) atoms. The fraction of sp³-hybridized carbons (Fsp3) is 0.750. The second kappa shape index (κ2) is 7.90. The van der Waals surface area contributed by atoms with Gasteiger partial charge >= 0.3 is 5.97 Å². The number of carbonyl (C=O) groups is 1. The summed E-state index contributed by atoms with van der Waals surface area (Å²) in [5.41, 5.74) is 0.811. The highest BCUT2D eigenvalue weighted by molar-refractivity contribution is 7.13. The first-order valence-electron chi connectivity index (χ1n) is 8.10. The van der Waals surface area contributed by atoms with Crippen LogP contribution in [0.1, 0.15) is 72.2 Å². The van der Waals surface area contributed by atoms with Crippen LogP contribution in [0.25, 0.3) is 0 Å². The van der Waals surface area contributed by atoms with E-state index in [9.17, 15) is 9.90 Å². The molecule has 1 aliphatic rings. The zero-order valence-corrected chi connectivity index (χ0v) is 13.9. The molecule has 0 unspecified atom stereocenters. The lowest BCUT2D eigenvalue weighted by molar-refractivity contribution is 0.0700. The van der Waals surface area contributed by atoms with E-state index in [0.717, 1.165) is 36.5 Å². The summed E-state index contributed by atoms with van der Waals surface area (Å²) in [5.74, 6) is -0.547. The molecule has 0 saturated carbocycles. The van der Waals surface area contributed by atoms with Gasteiger partial charge in [0.2, 0.25) is 0 Å². The molecule has 1 aromatic heterocycles. The molecule has 5 heteroatoms. The van der Waals surface area contributed by atoms with Gasteiger partial charge in [0.1, 0.15) is 4.88 Å². The normalized spacial score (nSPS) is 16.5. The Labute approximate surface area is 131 Å². The summed E-state index contributed by atoms with van der Waals surface area (Å²) in [6.45, 7) is 7.57. The molecule has 1 aliphatic heterocycles. The van der Waals surface area contributed by atoms with Crippen LogP contribution in [0.15, 0.2) is 0 Å². The van der Waals surface area contributed by atoms with Gasteiger partial charge in [-0.05, 0) is 38.8 Å². The molecule has 2 heterocycles. The molecule has 0 aliphatic carbocycles. The van der Waals surface area contributed by atoms with Crippen LogP contribution >= 0.6 is 11.3 Å². The van der Waals surface area contributed by atoms with E-state index >= 15 is 0 Å². The summed E-state index contributed by atoms with van der Waals surface area (Å²) in [6.07, 6.45) is 6.70. The van der Waals surface area contributed by atoms with E-state index in [4.69, 9.17) is 0 Å². The molecule has 4 nitrogen and oxygen atoms in total. The Bertz CT molecular complexity index is 463. The lowest BCUT2D eigenvalue weighted by Gasteiger charge is -2.25. The van der Waals surface area contributed by atoms with E-state index in [1.165, 1.54) is 43.7 Å². The maximum atomic E-state index is 11.4. The Kier molecular flexibility index (Phi) is 6.18. The van der Waals surface area contributed by atoms with Crippen molar-refractivity contribution in [3.05, 3.63) is 15.6 Å². The highest BCUT2D eigenvalue weighted by atomic mass is 32.1. The molecule has 2 rings (SSSR count). The van der Waals surface area contributed by atoms with E-state index in [-0.39, 0.29) is 5.92 Å². The number of likely N-dealkylation sites (tertiary alicyclic amines) is 1. The third-order valence-electron chi connectivity index (χ3n) is 4.35. The maximum absolute atomic E-state index is 11.4. The fourth-order valence-electron chi connectivity index (χ4n) is 3.03. The number of aromatic nitrogens is 1. The number of nitrogens with zero attached hydrogens (tertiary/aromatic N) is 2. The molecule has 0 amide bonds. The van der Waals surface area contributed by atoms with E-state index in [0.29, 0.717) is 4.88 Å². The van der Waals surface area contributed by atoms with Crippen LogP contribution in [0.2, 0.25) is 0 Å². The van der Waals surface area contributed by atoms with Gasteiger partial charge in [0.05, 0.1) is 10.7 Å². The van der Waals surface area contributed by atoms with Gasteiger partial charge in [0.15, 0.2) is 0 Å². The fourth-order valence-corrected chi connectivity index (χ4v) is 4.00. The van der Waals surface area contributed by atoms with Crippen molar-refractivity contribution in [3.63, 3.8) is 0 Å². The second-order valence-electron chi connectivity index (χ2n) is 5.79. The molecule has 1 fully saturated rings. The third kappa shape index (κ3) is 4.27. The maximum Gasteiger partial charge on any atom is 0.347 e. The minimum atomic E-state index is -0.821. The van der Waals surface area contributed by atoms with Crippen LogP contribution in [0.4, 0.5) is 0 Å². The van der Waals surface area contributed by atoms with Crippen molar-refractivity contribution in [1.29, 1.82) is 0 Å². The van der Waals surface area contributed by atoms with Crippen molar-refractivity contribution in [2.45, 2.75) is 58.3 Å². The van der Waals surface area contributed by atoms with Crippen LogP contribution in [0, 0.1) is 0 Å². The van der Waals surface area contributed by atoms with Gasteiger partial charge < -0.3 is 10.0 Å². The number of hydrogen-bond acceptors (Lipinski definition) is 4. The molecule has 1 aromatic rings. The van der Waals surface area contributed by atoms with Crippen LogP contribution in [-0.4, -0.2) is 40.6 Å². The summed E-state index contributed by atoms with van der Waals surface area (Å²) >= 11 is 1.38. The Morgan fingerprint density at radius 3 is 2.52 bits per heavy atom. The molecular weight excluding hydrogens is 284 g/mol. The van der Waals surface area contributed by atoms with E-state index in [2.05, 4.69) is 23.7 Å². The average Bonchev–Trinajstić information content (AvgIpc) is 2.92. The molecule has 0 radical (unpaired) electrons. The SMILES string of the molecule is CCC(CC)c1nc(CCN2CCCCC2)sc1C(=O)O. The summed E-state index contributed by atoms with van der Waals surface area (Å²) in [5, 5.41) is 10.4. The van der Waals surface area contributed by atoms with Gasteiger partial charge in [0, 0.05) is 18.9 Å². The Morgan fingerprint density at radius 1 is 1.29 bits per heavy atom. The van der Waals surface area contributed by atoms with E-state index in [1.54, 1.807) is 0 Å². The second-order valence-corrected chi connectivity index (χ2v) is 6.88. The van der Waals surface area contributed by atoms with Crippen molar-refractivity contribution >= 4 is 17.3 Å². The highest BCUT2D eigenvalue weighted by Gasteiger charge is 2.22. The minimum Gasteiger partial charge on any atom is -0.477 e. The Morgan fingerprint density at radius 2 is 1.95 bits per heavy atom. The Hall–Kier alpha value is -0.940. The number of aromatic carboxylic acids is 1. The van der Waals surface area contributed by atoms with Crippen LogP contribution in [-0.2, 0) is 6.42 Å². The van der Waals surface area contributed by atoms with Crippen molar-refractivity contribution in [2.75, 3.05) is 19.6 Å². The van der Waals surface area contributed by atoms with Gasteiger partial charge in [0.25, 0.3) is 0 Å². The number of thiazole rings is 1. The molecule has 0 atom stereocenters. The van der Waals surface area contributed by atoms with Crippen LogP contribution in [0.3, 0.4) is 0 Å². The summed E-state index contributed by atoms with van der Waals surface area (Å²) in [7, 11) is 0. The lowest BCUT2D eigenvalue weighted by Crippen LogP contribution is -2.31. The number of hydrogen-bond donors (Lipinski definition) is 1. The molecular formula is C16H26N2O2S. The number of rotatable bonds is 7. The van der Waals surface area contributed by atoms with Crippen LogP contribution in [0.5, 0.6) is 0 Å². The summed E-state index contributed by atoms with van der Waals surface area (Å²) in [4.78, 5) is 19.0. The van der Waals surface area contributed by atoms with E-state index < -0.39 is 5.97 Å². The predicted octanol–water partition coefficient (Wildman–Crippen LogP) is 3.77. The van der Waals surface area contributed by atoms with Gasteiger partial charge in [-0.15, -0.1) is 11.3 Å². The third-order valence-corrected chi connectivity index (χ3v) is 5.47. The first-order chi connectivity index (χ1) is 10.2. The summed E-state index contributed by atoms with van der Waals surface area (Å²) in [6, 6.07) is 0. The van der Waals surface area contributed by atoms with Crippen molar-refractivity contribution in [2.24, 2.45) is 0 Å². The predicted molar refractivity (Wildman–Crippen MR) is 86.4 cm³/mol. The first kappa shape index (κ1) is 16.4. The quantitative estimate of drug-likeness (QED) is 0.833. The number of piperidine rings is 1. The number of carboxylic acids is 1. The average molecular weight is 310 g/mol. The summed E-state index contributed by atoms with van der Waals surface area (Å²) < 4.78 is 0. The highest BCUT2D eigenvalue weighted by Crippen LogP contribution is 2.30. The minimum absolute atomic E-state index is 0.274. The smallest absolute Gasteiger partial charge is 0.347 e. The van der Waals surface area contributed by atoms with Crippen molar-refractivity contribution in [1.82, 2.24) is 9.88 Å². The standard InChI is InChI=1S/C16H26N2O2S/c1-3-12(4-2)14-15(16(19)20)21-13(17-14)8-11-18-9-6-5-7-10-18/h12H,3-11H2,1-2H3,(H,19,20). The van der Waals surface area contributed by atoms with Gasteiger partial charge in [-0.1, -0.05) is 20.3 Å². The van der Waals surface area contributed by atoms with Crippen molar-refractivity contribution in [3.8, 4) is 0 Å². The molecule has 1 saturated heterocycles. The van der Waals surface area contributed by atoms with E-state index in [1.807, 2.05) is 0 Å². The number of carboxylic acid groups (broad SMARTS) is 1. The van der Waals surface area contributed by atoms with Gasteiger partial charge in [-0.3, -0.25) is 0 Å². The molecule has 118 valence electrons. The molecule has 0 bridgehead atoms. The molecule has 0 aromatic carbocycles. The zero-order chi connectivity index (χ0) is 15.2. The molecule has 0 spiro atoms. The Balaban J connectivity index is 2.05. The van der Waals surface area contributed by atoms with Crippen LogP contribution < -0.4 is 0 Å². The lowest BCUT2D eigenvalue weighted by atomic mass is 9.98. The molecule has 1 N–H and O–H groups in total. The largest absolute Gasteiger partial charge is 0.477 e. The van der Waals surface area contributed by atoms with Crippen molar-refractivity contribution < 1.29 is 9.90 Å². The van der Waals surface area contributed by atoms with Gasteiger partial charge in [-0.2, -0.15) is 0 Å². The zero-order valence-electron chi connectivity index (χ0n) is 13.1. The topological polar surface area (TPSA) is 53.4 Å². The monoisotopic (exact) mass is 310 g/mol. The first-order valence-corrected chi connectivity index (χ1v) is 8.92. The van der Waals surface area contributed by atoms with Gasteiger partial charge in [-0.25, -0.2) is 9.78 Å².